The molecule has 2 aromatic heterocycles. The van der Waals surface area contributed by atoms with Crippen LogP contribution in [0.1, 0.15) is 69.8 Å². The van der Waals surface area contributed by atoms with Gasteiger partial charge in [0.1, 0.15) is 17.3 Å². The molecule has 4 N–H and O–H groups in total. The van der Waals surface area contributed by atoms with E-state index in [1.54, 1.807) is 18.5 Å². The molecule has 1 atom stereocenters. The highest BCUT2D eigenvalue weighted by molar-refractivity contribution is 6.43. The number of benzene rings is 1. The van der Waals surface area contributed by atoms with Gasteiger partial charge in [0.05, 0.1) is 22.2 Å². The van der Waals surface area contributed by atoms with Crippen LogP contribution in [0.4, 0.5) is 17.5 Å². The molecule has 1 aromatic carbocycles. The lowest BCUT2D eigenvalue weighted by molar-refractivity contribution is -0.134. The summed E-state index contributed by atoms with van der Waals surface area (Å²) in [5.74, 6) is 2.00. The molecular formula is C38H47Cl2N9O3. The van der Waals surface area contributed by atoms with Crippen LogP contribution < -0.4 is 26.2 Å². The van der Waals surface area contributed by atoms with Crippen molar-refractivity contribution in [3.8, 4) is 11.3 Å². The molecule has 4 saturated heterocycles. The fraction of sp³-hybridized carbons (Fsp3) is 0.526. The third-order valence-electron chi connectivity index (χ3n) is 11.4. The Kier molecular flexibility index (Phi) is 10.9. The molecule has 7 rings (SSSR count). The third kappa shape index (κ3) is 8.14. The molecule has 52 heavy (non-hydrogen) atoms. The number of aromatic nitrogens is 3. The summed E-state index contributed by atoms with van der Waals surface area (Å²) in [6.45, 7) is 8.41. The normalized spacial score (nSPS) is 21.9. The first-order chi connectivity index (χ1) is 25.0. The maximum atomic E-state index is 13.5. The van der Waals surface area contributed by atoms with E-state index in [2.05, 4.69) is 47.2 Å². The van der Waals surface area contributed by atoms with E-state index in [9.17, 15) is 14.4 Å². The van der Waals surface area contributed by atoms with Gasteiger partial charge < -0.3 is 25.8 Å². The van der Waals surface area contributed by atoms with E-state index in [0.29, 0.717) is 51.7 Å². The number of hydrogen-bond acceptors (Lipinski definition) is 10. The molecular weight excluding hydrogens is 701 g/mol. The number of piperidine rings is 4. The van der Waals surface area contributed by atoms with E-state index < -0.39 is 0 Å². The molecule has 4 aliphatic heterocycles. The van der Waals surface area contributed by atoms with Gasteiger partial charge in [0.15, 0.2) is 5.82 Å². The van der Waals surface area contributed by atoms with E-state index in [-0.39, 0.29) is 35.1 Å². The number of pyridine rings is 1. The number of hydrogen-bond donors (Lipinski definition) is 3. The predicted octanol–water partition coefficient (Wildman–Crippen LogP) is 5.05. The van der Waals surface area contributed by atoms with E-state index in [4.69, 9.17) is 28.9 Å². The highest BCUT2D eigenvalue weighted by Gasteiger charge is 2.36. The monoisotopic (exact) mass is 747 g/mol. The second kappa shape index (κ2) is 15.5. The number of rotatable bonds is 8. The third-order valence-corrected chi connectivity index (χ3v) is 12.3. The van der Waals surface area contributed by atoms with Crippen LogP contribution in [0.25, 0.3) is 11.3 Å². The summed E-state index contributed by atoms with van der Waals surface area (Å²) in [4.78, 5) is 58.3. The molecule has 276 valence electrons. The predicted molar refractivity (Wildman–Crippen MR) is 203 cm³/mol. The summed E-state index contributed by atoms with van der Waals surface area (Å²) in [6.07, 6.45) is 9.93. The van der Waals surface area contributed by atoms with Crippen molar-refractivity contribution >= 4 is 58.4 Å². The quantitative estimate of drug-likeness (QED) is 0.267. The number of halogens is 2. The van der Waals surface area contributed by atoms with Crippen LogP contribution in [-0.4, -0.2) is 88.9 Å². The van der Waals surface area contributed by atoms with Crippen LogP contribution in [0.15, 0.2) is 42.7 Å². The van der Waals surface area contributed by atoms with Gasteiger partial charge in [-0.05, 0) is 94.6 Å². The van der Waals surface area contributed by atoms with Crippen molar-refractivity contribution in [2.24, 2.45) is 11.8 Å². The van der Waals surface area contributed by atoms with Crippen molar-refractivity contribution in [2.45, 2.75) is 69.7 Å². The van der Waals surface area contributed by atoms with Crippen LogP contribution in [0.5, 0.6) is 0 Å². The molecule has 0 aliphatic carbocycles. The number of nitrogens with zero attached hydrogens (tertiary/aromatic N) is 6. The molecule has 3 amide bonds. The van der Waals surface area contributed by atoms with Crippen molar-refractivity contribution in [1.82, 2.24) is 30.5 Å². The summed E-state index contributed by atoms with van der Waals surface area (Å²) in [6, 6.07) is 9.26. The molecule has 12 nitrogen and oxygen atoms in total. The Morgan fingerprint density at radius 3 is 2.40 bits per heavy atom. The van der Waals surface area contributed by atoms with Crippen LogP contribution >= 0.6 is 23.2 Å². The Morgan fingerprint density at radius 2 is 1.69 bits per heavy atom. The number of imide groups is 1. The Balaban J connectivity index is 0.837. The second-order valence-corrected chi connectivity index (χ2v) is 15.8. The summed E-state index contributed by atoms with van der Waals surface area (Å²) >= 11 is 12.6. The molecule has 6 heterocycles. The van der Waals surface area contributed by atoms with Gasteiger partial charge in [0, 0.05) is 62.4 Å². The maximum Gasteiger partial charge on any atom is 0.234 e. The topological polar surface area (TPSA) is 150 Å². The Labute approximate surface area is 314 Å². The van der Waals surface area contributed by atoms with Crippen molar-refractivity contribution in [2.75, 3.05) is 61.3 Å². The van der Waals surface area contributed by atoms with Crippen LogP contribution in [0.2, 0.25) is 10.0 Å². The number of anilines is 3. The van der Waals surface area contributed by atoms with E-state index in [0.717, 1.165) is 95.7 Å². The van der Waals surface area contributed by atoms with Gasteiger partial charge in [-0.15, -0.1) is 0 Å². The Bertz CT molecular complexity index is 1800. The maximum absolute atomic E-state index is 13.5. The van der Waals surface area contributed by atoms with E-state index >= 15 is 0 Å². The number of amides is 3. The summed E-state index contributed by atoms with van der Waals surface area (Å²) < 4.78 is 0. The zero-order valence-corrected chi connectivity index (χ0v) is 31.1. The lowest BCUT2D eigenvalue weighted by atomic mass is 9.87. The molecule has 3 aromatic rings. The average Bonchev–Trinajstić information content (AvgIpc) is 3.14. The molecule has 4 fully saturated rings. The van der Waals surface area contributed by atoms with Crippen molar-refractivity contribution in [3.05, 3.63) is 58.3 Å². The van der Waals surface area contributed by atoms with Gasteiger partial charge in [0.25, 0.3) is 0 Å². The van der Waals surface area contributed by atoms with E-state index in [1.165, 1.54) is 0 Å². The van der Waals surface area contributed by atoms with Crippen molar-refractivity contribution in [3.63, 3.8) is 0 Å². The largest absolute Gasteiger partial charge is 0.382 e. The van der Waals surface area contributed by atoms with Crippen LogP contribution in [-0.2, 0) is 14.4 Å². The van der Waals surface area contributed by atoms with E-state index in [1.807, 2.05) is 24.3 Å². The summed E-state index contributed by atoms with van der Waals surface area (Å²) in [7, 11) is 0. The lowest BCUT2D eigenvalue weighted by Crippen LogP contribution is -2.55. The highest BCUT2D eigenvalue weighted by Crippen LogP contribution is 2.36. The van der Waals surface area contributed by atoms with Crippen molar-refractivity contribution < 1.29 is 14.4 Å². The fourth-order valence-corrected chi connectivity index (χ4v) is 8.51. The molecule has 0 saturated carbocycles. The SMILES string of the molecule is CC1(NC(=O)C2CCN(CC3CCN(c4cc(C5CCC(=O)NC5=O)ccn4)CC3)CC2)CCN(c2cnc(-c3cccc(Cl)c3Cl)c(N)n2)CC1. The Morgan fingerprint density at radius 1 is 0.962 bits per heavy atom. The number of likely N-dealkylation sites (tertiary alicyclic amines) is 1. The Hall–Kier alpha value is -4.00. The smallest absolute Gasteiger partial charge is 0.234 e. The van der Waals surface area contributed by atoms with Gasteiger partial charge in [-0.1, -0.05) is 35.3 Å². The van der Waals surface area contributed by atoms with Gasteiger partial charge in [-0.2, -0.15) is 0 Å². The molecule has 14 heteroatoms. The molecule has 1 unspecified atom stereocenters. The summed E-state index contributed by atoms with van der Waals surface area (Å²) in [5, 5.41) is 6.72. The first kappa shape index (κ1) is 36.4. The molecule has 0 radical (unpaired) electrons. The van der Waals surface area contributed by atoms with Crippen LogP contribution in [0, 0.1) is 11.8 Å². The molecule has 0 bridgehead atoms. The van der Waals surface area contributed by atoms with Gasteiger partial charge in [-0.3, -0.25) is 19.7 Å². The zero-order valence-electron chi connectivity index (χ0n) is 29.6. The van der Waals surface area contributed by atoms with Crippen molar-refractivity contribution in [1.29, 1.82) is 0 Å². The minimum atomic E-state index is -0.301. The highest BCUT2D eigenvalue weighted by atomic mass is 35.5. The van der Waals surface area contributed by atoms with Gasteiger partial charge in [-0.25, -0.2) is 15.0 Å². The number of nitrogen functional groups attached to an aromatic ring is 1. The first-order valence-corrected chi connectivity index (χ1v) is 19.2. The zero-order chi connectivity index (χ0) is 36.4. The minimum Gasteiger partial charge on any atom is -0.382 e. The second-order valence-electron chi connectivity index (χ2n) is 15.1. The standard InChI is InChI=1S/C38H47Cl2N9O3/c1-38(12-19-49(20-13-38)31-22-43-34(35(41)44-31)28-3-2-4-29(39)33(28)40)46-36(51)25-10-15-47(16-11-25)23-24-8-17-48(18-9-24)30-21-26(7-14-42-30)27-5-6-32(50)45-37(27)52/h2-4,7,14,21-22,24-25,27H,5-6,8-13,15-20,23H2,1H3,(H2,41,44)(H,46,51)(H,45,50,52). The number of carbonyl (C=O) groups excluding carboxylic acids is 3. The minimum absolute atomic E-state index is 0.0344. The first-order valence-electron chi connectivity index (χ1n) is 18.5. The van der Waals surface area contributed by atoms with Crippen LogP contribution in [0.3, 0.4) is 0 Å². The lowest BCUT2D eigenvalue weighted by Gasteiger charge is -2.42. The fourth-order valence-electron chi connectivity index (χ4n) is 8.12. The average molecular weight is 749 g/mol. The van der Waals surface area contributed by atoms with Gasteiger partial charge >= 0.3 is 0 Å². The van der Waals surface area contributed by atoms with Gasteiger partial charge in [0.2, 0.25) is 17.7 Å². The number of nitrogens with one attached hydrogen (secondary N) is 2. The molecule has 4 aliphatic rings. The number of carbonyl (C=O) groups is 3. The number of nitrogens with two attached hydrogens (primary N) is 1. The summed E-state index contributed by atoms with van der Waals surface area (Å²) in [5.41, 5.74) is 8.12. The molecule has 0 spiro atoms.